The fourth-order valence-corrected chi connectivity index (χ4v) is 3.19. The minimum atomic E-state index is 0.190. The molecule has 6 heteroatoms. The van der Waals surface area contributed by atoms with E-state index in [9.17, 15) is 0 Å². The molecule has 1 aromatic carbocycles. The first kappa shape index (κ1) is 16.7. The molecule has 1 atom stereocenters. The summed E-state index contributed by atoms with van der Waals surface area (Å²) in [5.74, 6) is 1.07. The topological polar surface area (TPSA) is 66.5 Å². The summed E-state index contributed by atoms with van der Waals surface area (Å²) in [7, 11) is 0. The van der Waals surface area contributed by atoms with E-state index >= 15 is 0 Å². The van der Waals surface area contributed by atoms with E-state index in [0.29, 0.717) is 18.3 Å². The van der Waals surface area contributed by atoms with Gasteiger partial charge in [-0.1, -0.05) is 29.8 Å². The number of aliphatic imine (C=N–C) groups is 1. The molecule has 0 bridgehead atoms. The summed E-state index contributed by atoms with van der Waals surface area (Å²) in [6, 6.07) is 13.8. The Balaban J connectivity index is 1.73. The van der Waals surface area contributed by atoms with Crippen molar-refractivity contribution in [3.63, 3.8) is 0 Å². The number of nitrogens with one attached hydrogen (secondary N) is 1. The van der Waals surface area contributed by atoms with Crippen LogP contribution in [0.4, 0.5) is 5.82 Å². The Bertz CT molecular complexity index is 683. The number of nitrogens with two attached hydrogens (primary N) is 1. The Morgan fingerprint density at radius 2 is 2.08 bits per heavy atom. The molecule has 1 aromatic heterocycles. The SMILES string of the molecule is NC(=NCC(c1cccc(Cl)c1)N1CCCC1)Nc1ccccn1. The van der Waals surface area contributed by atoms with Crippen molar-refractivity contribution in [2.75, 3.05) is 25.0 Å². The smallest absolute Gasteiger partial charge is 0.194 e. The largest absolute Gasteiger partial charge is 0.370 e. The van der Waals surface area contributed by atoms with Gasteiger partial charge in [-0.15, -0.1) is 0 Å². The number of pyridine rings is 1. The Hall–Kier alpha value is -2.11. The number of likely N-dealkylation sites (tertiary alicyclic amines) is 1. The number of rotatable bonds is 5. The average Bonchev–Trinajstić information content (AvgIpc) is 3.10. The number of benzene rings is 1. The van der Waals surface area contributed by atoms with Crippen LogP contribution < -0.4 is 11.1 Å². The van der Waals surface area contributed by atoms with Crippen LogP contribution in [0.15, 0.2) is 53.7 Å². The van der Waals surface area contributed by atoms with Gasteiger partial charge in [0.05, 0.1) is 12.6 Å². The van der Waals surface area contributed by atoms with Gasteiger partial charge in [-0.25, -0.2) is 4.98 Å². The van der Waals surface area contributed by atoms with Crippen LogP contribution in [0.3, 0.4) is 0 Å². The summed E-state index contributed by atoms with van der Waals surface area (Å²) in [5, 5.41) is 3.77. The van der Waals surface area contributed by atoms with Crippen molar-refractivity contribution in [3.05, 3.63) is 59.2 Å². The number of hydrogen-bond donors (Lipinski definition) is 2. The van der Waals surface area contributed by atoms with E-state index < -0.39 is 0 Å². The van der Waals surface area contributed by atoms with Crippen LogP contribution in [0.1, 0.15) is 24.4 Å². The standard InChI is InChI=1S/C18H22ClN5/c19-15-7-5-6-14(12-15)16(24-10-3-4-11-24)13-22-18(20)23-17-8-1-2-9-21-17/h1-2,5-9,12,16H,3-4,10-11,13H2,(H3,20,21,22,23). The summed E-state index contributed by atoms with van der Waals surface area (Å²) < 4.78 is 0. The van der Waals surface area contributed by atoms with Crippen LogP contribution in [0, 0.1) is 0 Å². The van der Waals surface area contributed by atoms with Crippen molar-refractivity contribution in [2.45, 2.75) is 18.9 Å². The lowest BCUT2D eigenvalue weighted by molar-refractivity contribution is 0.252. The highest BCUT2D eigenvalue weighted by Gasteiger charge is 2.23. The molecule has 2 heterocycles. The van der Waals surface area contributed by atoms with Gasteiger partial charge in [-0.2, -0.15) is 0 Å². The van der Waals surface area contributed by atoms with Crippen molar-refractivity contribution in [3.8, 4) is 0 Å². The first-order chi connectivity index (χ1) is 11.7. The molecule has 3 N–H and O–H groups in total. The Kier molecular flexibility index (Phi) is 5.67. The second-order valence-electron chi connectivity index (χ2n) is 5.88. The van der Waals surface area contributed by atoms with E-state index in [0.717, 1.165) is 18.1 Å². The highest BCUT2D eigenvalue weighted by atomic mass is 35.5. The highest BCUT2D eigenvalue weighted by Crippen LogP contribution is 2.27. The van der Waals surface area contributed by atoms with Crippen LogP contribution in [0.5, 0.6) is 0 Å². The lowest BCUT2D eigenvalue weighted by Gasteiger charge is -2.26. The number of guanidine groups is 1. The molecule has 0 aliphatic carbocycles. The molecule has 0 amide bonds. The van der Waals surface area contributed by atoms with Crippen molar-refractivity contribution in [2.24, 2.45) is 10.7 Å². The monoisotopic (exact) mass is 343 g/mol. The molecule has 1 aliphatic heterocycles. The van der Waals surface area contributed by atoms with Gasteiger partial charge in [-0.05, 0) is 55.8 Å². The van der Waals surface area contributed by atoms with Gasteiger partial charge in [-0.3, -0.25) is 9.89 Å². The number of nitrogens with zero attached hydrogens (tertiary/aromatic N) is 3. The summed E-state index contributed by atoms with van der Waals surface area (Å²) >= 11 is 6.17. The molecular weight excluding hydrogens is 322 g/mol. The van der Waals surface area contributed by atoms with Gasteiger partial charge in [0.2, 0.25) is 0 Å². The predicted molar refractivity (Wildman–Crippen MR) is 99.3 cm³/mol. The van der Waals surface area contributed by atoms with Gasteiger partial charge < -0.3 is 11.1 Å². The zero-order valence-corrected chi connectivity index (χ0v) is 14.3. The molecular formula is C18H22ClN5. The molecule has 2 aromatic rings. The zero-order valence-electron chi connectivity index (χ0n) is 13.5. The lowest BCUT2D eigenvalue weighted by atomic mass is 10.1. The van der Waals surface area contributed by atoms with Gasteiger partial charge in [0.15, 0.2) is 5.96 Å². The fraction of sp³-hybridized carbons (Fsp3) is 0.333. The number of hydrogen-bond acceptors (Lipinski definition) is 3. The maximum absolute atomic E-state index is 6.17. The molecule has 3 rings (SSSR count). The second-order valence-corrected chi connectivity index (χ2v) is 6.32. The number of aromatic nitrogens is 1. The van der Waals surface area contributed by atoms with Crippen LogP contribution in [-0.2, 0) is 0 Å². The third-order valence-corrected chi connectivity index (χ3v) is 4.41. The fourth-order valence-electron chi connectivity index (χ4n) is 2.99. The predicted octanol–water partition coefficient (Wildman–Crippen LogP) is 3.30. The lowest BCUT2D eigenvalue weighted by Crippen LogP contribution is -2.30. The van der Waals surface area contributed by atoms with Crippen molar-refractivity contribution >= 4 is 23.4 Å². The number of halogens is 1. The third-order valence-electron chi connectivity index (χ3n) is 4.17. The molecule has 24 heavy (non-hydrogen) atoms. The first-order valence-corrected chi connectivity index (χ1v) is 8.57. The molecule has 0 radical (unpaired) electrons. The van der Waals surface area contributed by atoms with Crippen LogP contribution in [0.2, 0.25) is 5.02 Å². The normalized spacial score (nSPS) is 17.0. The summed E-state index contributed by atoms with van der Waals surface area (Å²) in [4.78, 5) is 11.2. The van der Waals surface area contributed by atoms with Gasteiger partial charge in [0, 0.05) is 11.2 Å². The summed E-state index contributed by atoms with van der Waals surface area (Å²) in [6.45, 7) is 2.76. The van der Waals surface area contributed by atoms with Crippen molar-refractivity contribution in [1.82, 2.24) is 9.88 Å². The zero-order chi connectivity index (χ0) is 16.8. The Morgan fingerprint density at radius 3 is 2.79 bits per heavy atom. The second kappa shape index (κ2) is 8.13. The molecule has 1 saturated heterocycles. The van der Waals surface area contributed by atoms with E-state index in [-0.39, 0.29) is 6.04 Å². The highest BCUT2D eigenvalue weighted by molar-refractivity contribution is 6.30. The van der Waals surface area contributed by atoms with E-state index in [1.165, 1.54) is 18.4 Å². The molecule has 1 unspecified atom stereocenters. The van der Waals surface area contributed by atoms with E-state index in [1.807, 2.05) is 36.4 Å². The molecule has 0 spiro atoms. The molecule has 1 aliphatic rings. The molecule has 5 nitrogen and oxygen atoms in total. The Morgan fingerprint density at radius 1 is 1.25 bits per heavy atom. The Labute approximate surface area is 147 Å². The third kappa shape index (κ3) is 4.46. The molecule has 0 saturated carbocycles. The van der Waals surface area contributed by atoms with Gasteiger partial charge >= 0.3 is 0 Å². The van der Waals surface area contributed by atoms with E-state index in [4.69, 9.17) is 17.3 Å². The summed E-state index contributed by atoms with van der Waals surface area (Å²) in [5.41, 5.74) is 7.19. The molecule has 126 valence electrons. The number of anilines is 1. The van der Waals surface area contributed by atoms with Crippen LogP contribution >= 0.6 is 11.6 Å². The van der Waals surface area contributed by atoms with E-state index in [2.05, 4.69) is 26.3 Å². The van der Waals surface area contributed by atoms with Crippen LogP contribution in [-0.4, -0.2) is 35.5 Å². The van der Waals surface area contributed by atoms with Crippen molar-refractivity contribution in [1.29, 1.82) is 0 Å². The minimum Gasteiger partial charge on any atom is -0.370 e. The van der Waals surface area contributed by atoms with E-state index in [1.54, 1.807) is 6.20 Å². The summed E-state index contributed by atoms with van der Waals surface area (Å²) in [6.07, 6.45) is 4.17. The van der Waals surface area contributed by atoms with Gasteiger partial charge in [0.1, 0.15) is 5.82 Å². The minimum absolute atomic E-state index is 0.190. The molecule has 1 fully saturated rings. The van der Waals surface area contributed by atoms with Crippen LogP contribution in [0.25, 0.3) is 0 Å². The first-order valence-electron chi connectivity index (χ1n) is 8.20. The quantitative estimate of drug-likeness (QED) is 0.645. The maximum Gasteiger partial charge on any atom is 0.194 e. The average molecular weight is 344 g/mol. The van der Waals surface area contributed by atoms with Crippen molar-refractivity contribution < 1.29 is 0 Å². The maximum atomic E-state index is 6.17. The van der Waals surface area contributed by atoms with Gasteiger partial charge in [0.25, 0.3) is 0 Å².